The van der Waals surface area contributed by atoms with Gasteiger partial charge in [-0.25, -0.2) is 24.0 Å². The van der Waals surface area contributed by atoms with E-state index in [4.69, 9.17) is 19.3 Å². The van der Waals surface area contributed by atoms with Crippen LogP contribution in [0.4, 0.5) is 11.6 Å². The molecule has 356 valence electrons. The molecule has 0 radical (unpaired) electrons. The number of carbonyl (C=O) groups is 1. The van der Waals surface area contributed by atoms with E-state index in [0.29, 0.717) is 81.9 Å². The molecule has 0 aliphatic carbocycles. The van der Waals surface area contributed by atoms with Crippen LogP contribution in [-0.4, -0.2) is 149 Å². The number of amides is 1. The second kappa shape index (κ2) is 21.3. The monoisotopic (exact) mass is 926 g/mol. The molecule has 7 aromatic rings. The Morgan fingerprint density at radius 2 is 1.63 bits per heavy atom. The highest BCUT2D eigenvalue weighted by Gasteiger charge is 2.23. The number of H-pyrrole nitrogens is 1. The van der Waals surface area contributed by atoms with Crippen LogP contribution in [0.5, 0.6) is 17.2 Å². The molecule has 1 fully saturated rings. The molecule has 6 bridgehead atoms. The van der Waals surface area contributed by atoms with Gasteiger partial charge in [-0.05, 0) is 78.1 Å². The van der Waals surface area contributed by atoms with Crippen LogP contribution in [0.15, 0.2) is 96.2 Å². The Balaban J connectivity index is 0.678. The van der Waals surface area contributed by atoms with Crippen LogP contribution in [0.2, 0.25) is 0 Å². The van der Waals surface area contributed by atoms with E-state index in [0.717, 1.165) is 79.5 Å². The van der Waals surface area contributed by atoms with Gasteiger partial charge < -0.3 is 34.6 Å². The van der Waals surface area contributed by atoms with Gasteiger partial charge in [0.1, 0.15) is 23.9 Å². The molecule has 0 unspecified atom stereocenters. The van der Waals surface area contributed by atoms with Gasteiger partial charge in [0, 0.05) is 76.7 Å². The molecular weight excluding hydrogens is 869 g/mol. The summed E-state index contributed by atoms with van der Waals surface area (Å²) < 4.78 is 23.2. The van der Waals surface area contributed by atoms with E-state index < -0.39 is 5.69 Å². The first kappa shape index (κ1) is 46.1. The standard InChI is InChI=1S/C49H58N12O7/c1-34(2)41-28-42(45(63)29-44(41)62)47-53-54-49(65)60(47)38-8-4-35(5-9-38)32-57-17-19-58(20-18-57)46(64)14-23-66-26-27-67-24-21-56-15-3-16-59-33-37(30-51-59)52-48-50-31-39-10-13-43(61(39)55-48)36-6-11-40(12-7-36)68-25-22-56/h4-13,28-31,33-34,62-63H,3,14-27,32H2,1-2H3,(H,52,55)(H,54,65). The number of ether oxygens (including phenoxy) is 3. The lowest BCUT2D eigenvalue weighted by molar-refractivity contribution is -0.134. The highest BCUT2D eigenvalue weighted by molar-refractivity contribution is 5.76. The topological polar surface area (TPSA) is 206 Å². The summed E-state index contributed by atoms with van der Waals surface area (Å²) in [4.78, 5) is 37.0. The minimum absolute atomic E-state index is 0.00299. The van der Waals surface area contributed by atoms with Gasteiger partial charge >= 0.3 is 5.69 Å². The fourth-order valence-corrected chi connectivity index (χ4v) is 8.61. The molecule has 4 aromatic heterocycles. The Kier molecular flexibility index (Phi) is 14.4. The number of nitrogens with zero attached hydrogens (tertiary/aromatic N) is 10. The summed E-state index contributed by atoms with van der Waals surface area (Å²) in [5, 5.41) is 40.2. The Morgan fingerprint density at radius 1 is 0.838 bits per heavy atom. The van der Waals surface area contributed by atoms with Crippen molar-refractivity contribution in [3.8, 4) is 45.6 Å². The number of hydrogen-bond donors (Lipinski definition) is 4. The second-order valence-electron chi connectivity index (χ2n) is 17.4. The first-order valence-electron chi connectivity index (χ1n) is 23.2. The van der Waals surface area contributed by atoms with E-state index in [1.807, 2.05) is 94.8 Å². The zero-order valence-electron chi connectivity index (χ0n) is 38.5. The zero-order chi connectivity index (χ0) is 47.0. The second-order valence-corrected chi connectivity index (χ2v) is 17.4. The van der Waals surface area contributed by atoms with Gasteiger partial charge in [0.25, 0.3) is 0 Å². The quantitative estimate of drug-likeness (QED) is 0.103. The van der Waals surface area contributed by atoms with Gasteiger partial charge in [0.05, 0.1) is 73.4 Å². The average Bonchev–Trinajstić information content (AvgIpc) is 4.08. The normalized spacial score (nSPS) is 15.1. The molecule has 3 aliphatic heterocycles. The molecule has 3 aliphatic rings. The molecule has 4 N–H and O–H groups in total. The first-order chi connectivity index (χ1) is 33.1. The average molecular weight is 927 g/mol. The van der Waals surface area contributed by atoms with E-state index in [1.165, 1.54) is 10.6 Å². The summed E-state index contributed by atoms with van der Waals surface area (Å²) in [5.41, 5.74) is 5.91. The van der Waals surface area contributed by atoms with Crippen LogP contribution in [0.3, 0.4) is 0 Å². The van der Waals surface area contributed by atoms with Gasteiger partial charge in [0.2, 0.25) is 11.9 Å². The molecule has 7 heterocycles. The number of anilines is 2. The predicted molar refractivity (Wildman–Crippen MR) is 256 cm³/mol. The summed E-state index contributed by atoms with van der Waals surface area (Å²) in [6.45, 7) is 12.7. The molecule has 10 rings (SSSR count). The Bertz CT molecular complexity index is 2850. The van der Waals surface area contributed by atoms with Crippen molar-refractivity contribution in [2.24, 2.45) is 0 Å². The molecule has 0 spiro atoms. The number of carbonyl (C=O) groups excluding carboxylic acids is 1. The maximum absolute atomic E-state index is 13.0. The Morgan fingerprint density at radius 3 is 2.43 bits per heavy atom. The maximum Gasteiger partial charge on any atom is 0.348 e. The molecular formula is C49H58N12O7. The number of nitrogens with one attached hydrogen (secondary N) is 2. The summed E-state index contributed by atoms with van der Waals surface area (Å²) in [7, 11) is 0. The lowest BCUT2D eigenvalue weighted by atomic mass is 9.98. The molecule has 1 saturated heterocycles. The third-order valence-electron chi connectivity index (χ3n) is 12.4. The molecule has 3 aromatic carbocycles. The van der Waals surface area contributed by atoms with Crippen molar-refractivity contribution in [1.82, 2.24) is 53.8 Å². The van der Waals surface area contributed by atoms with Crippen LogP contribution >= 0.6 is 0 Å². The SMILES string of the molecule is CC(C)c1cc(-c2n[nH]c(=O)n2-c2ccc(CN3CCN(C(=O)CCOCCOCCN4CCCn5cc(cn5)Nc5ncc6ccc(n6n5)-c5ccc(cc5)OCC4)CC3)cc2)c(O)cc1O. The minimum Gasteiger partial charge on any atom is -0.508 e. The number of aromatic hydroxyl groups is 2. The number of aromatic nitrogens is 8. The van der Waals surface area contributed by atoms with Crippen molar-refractivity contribution in [3.05, 3.63) is 113 Å². The zero-order valence-corrected chi connectivity index (χ0v) is 38.5. The number of hydrogen-bond acceptors (Lipinski definition) is 14. The minimum atomic E-state index is -0.441. The van der Waals surface area contributed by atoms with E-state index >= 15 is 0 Å². The van der Waals surface area contributed by atoms with Gasteiger partial charge in [-0.3, -0.25) is 19.3 Å². The van der Waals surface area contributed by atoms with E-state index in [-0.39, 0.29) is 29.1 Å². The molecule has 68 heavy (non-hydrogen) atoms. The van der Waals surface area contributed by atoms with Gasteiger partial charge in [0.15, 0.2) is 5.82 Å². The van der Waals surface area contributed by atoms with E-state index in [1.54, 1.807) is 18.5 Å². The van der Waals surface area contributed by atoms with Gasteiger partial charge in [-0.1, -0.05) is 26.0 Å². The fraction of sp³-hybridized carbons (Fsp3) is 0.388. The maximum atomic E-state index is 13.0. The smallest absolute Gasteiger partial charge is 0.348 e. The summed E-state index contributed by atoms with van der Waals surface area (Å²) in [5.74, 6) is 1.44. The van der Waals surface area contributed by atoms with Crippen molar-refractivity contribution in [1.29, 1.82) is 0 Å². The molecule has 0 saturated carbocycles. The van der Waals surface area contributed by atoms with Crippen molar-refractivity contribution >= 4 is 23.1 Å². The fourth-order valence-electron chi connectivity index (χ4n) is 8.61. The highest BCUT2D eigenvalue weighted by Crippen LogP contribution is 2.37. The molecule has 0 atom stereocenters. The van der Waals surface area contributed by atoms with Gasteiger partial charge in [-0.2, -0.15) is 10.2 Å². The third-order valence-corrected chi connectivity index (χ3v) is 12.4. The Hall–Kier alpha value is -7.06. The molecule has 1 amide bonds. The van der Waals surface area contributed by atoms with Crippen LogP contribution in [0, 0.1) is 0 Å². The number of aryl methyl sites for hydroxylation is 1. The Labute approximate surface area is 393 Å². The van der Waals surface area contributed by atoms with Crippen LogP contribution < -0.4 is 15.7 Å². The van der Waals surface area contributed by atoms with Gasteiger partial charge in [-0.15, -0.1) is 5.10 Å². The predicted octanol–water partition coefficient (Wildman–Crippen LogP) is 5.26. The number of piperazine rings is 1. The van der Waals surface area contributed by atoms with E-state index in [2.05, 4.69) is 35.4 Å². The van der Waals surface area contributed by atoms with Crippen LogP contribution in [0.1, 0.15) is 43.7 Å². The lowest BCUT2D eigenvalue weighted by Gasteiger charge is -2.34. The number of aromatic amines is 1. The number of fused-ring (bicyclic) bond motifs is 8. The number of phenolic OH excluding ortho intramolecular Hbond substituents is 2. The van der Waals surface area contributed by atoms with Crippen LogP contribution in [0.25, 0.3) is 33.8 Å². The van der Waals surface area contributed by atoms with Crippen LogP contribution in [-0.2, 0) is 27.4 Å². The summed E-state index contributed by atoms with van der Waals surface area (Å²) in [6.07, 6.45) is 6.76. The highest BCUT2D eigenvalue weighted by atomic mass is 16.5. The molecule has 19 heteroatoms. The third kappa shape index (κ3) is 11.0. The van der Waals surface area contributed by atoms with Crippen molar-refractivity contribution < 1.29 is 29.2 Å². The molecule has 19 nitrogen and oxygen atoms in total. The summed E-state index contributed by atoms with van der Waals surface area (Å²) >= 11 is 0. The summed E-state index contributed by atoms with van der Waals surface area (Å²) in [6, 6.07) is 22.7. The first-order valence-corrected chi connectivity index (χ1v) is 23.2. The van der Waals surface area contributed by atoms with Crippen molar-refractivity contribution in [2.75, 3.05) is 84.2 Å². The number of benzene rings is 3. The van der Waals surface area contributed by atoms with E-state index in [9.17, 15) is 19.8 Å². The largest absolute Gasteiger partial charge is 0.508 e. The van der Waals surface area contributed by atoms with Crippen molar-refractivity contribution in [3.63, 3.8) is 0 Å². The number of rotatable bonds is 14. The van der Waals surface area contributed by atoms with Crippen molar-refractivity contribution in [2.45, 2.75) is 45.7 Å². The number of phenols is 2. The lowest BCUT2D eigenvalue weighted by Crippen LogP contribution is -2.48.